The van der Waals surface area contributed by atoms with Gasteiger partial charge in [0.25, 0.3) is 0 Å². The fourth-order valence-corrected chi connectivity index (χ4v) is 5.84. The predicted octanol–water partition coefficient (Wildman–Crippen LogP) is 4.26. The van der Waals surface area contributed by atoms with Crippen LogP contribution in [0.3, 0.4) is 0 Å². The van der Waals surface area contributed by atoms with Crippen molar-refractivity contribution in [2.24, 2.45) is 11.3 Å². The van der Waals surface area contributed by atoms with Crippen LogP contribution in [-0.4, -0.2) is 45.5 Å². The number of carbonyl (C=O) groups excluding carboxylic acids is 1. The zero-order valence-corrected chi connectivity index (χ0v) is 18.5. The first kappa shape index (κ1) is 19.7. The van der Waals surface area contributed by atoms with E-state index in [0.29, 0.717) is 5.91 Å². The number of hydrogen-bond acceptors (Lipinski definition) is 3. The number of nitrogens with one attached hydrogen (secondary N) is 1. The van der Waals surface area contributed by atoms with Crippen LogP contribution in [0.2, 0.25) is 0 Å². The minimum absolute atomic E-state index is 0.240. The summed E-state index contributed by atoms with van der Waals surface area (Å²) in [7, 11) is 0. The molecule has 1 spiro atoms. The molecule has 1 aliphatic carbocycles. The number of likely N-dealkylation sites (tertiary alicyclic amines) is 1. The van der Waals surface area contributed by atoms with Crippen LogP contribution in [0.4, 0.5) is 0 Å². The van der Waals surface area contributed by atoms with Gasteiger partial charge in [-0.15, -0.1) is 0 Å². The highest BCUT2D eigenvalue weighted by Gasteiger charge is 2.59. The van der Waals surface area contributed by atoms with Gasteiger partial charge in [0.05, 0.1) is 11.9 Å². The van der Waals surface area contributed by atoms with Crippen molar-refractivity contribution < 1.29 is 4.79 Å². The second kappa shape index (κ2) is 7.89. The van der Waals surface area contributed by atoms with Gasteiger partial charge in [-0.1, -0.05) is 54.6 Å². The summed E-state index contributed by atoms with van der Waals surface area (Å²) in [6, 6.07) is 19.0. The molecular weight excluding hydrogens is 396 g/mol. The van der Waals surface area contributed by atoms with Gasteiger partial charge in [-0.2, -0.15) is 5.10 Å². The van der Waals surface area contributed by atoms with Crippen molar-refractivity contribution in [1.29, 1.82) is 0 Å². The highest BCUT2D eigenvalue weighted by molar-refractivity contribution is 5.83. The maximum atomic E-state index is 13.3. The lowest BCUT2D eigenvalue weighted by Crippen LogP contribution is -2.40. The van der Waals surface area contributed by atoms with Crippen LogP contribution in [0.5, 0.6) is 0 Å². The van der Waals surface area contributed by atoms with Crippen LogP contribution in [0.25, 0.3) is 11.3 Å². The molecule has 1 saturated carbocycles. The molecule has 5 nitrogen and oxygen atoms in total. The molecule has 32 heavy (non-hydrogen) atoms. The Morgan fingerprint density at radius 2 is 1.75 bits per heavy atom. The zero-order valence-electron chi connectivity index (χ0n) is 18.5. The number of aromatic nitrogens is 2. The molecule has 2 aromatic carbocycles. The zero-order chi connectivity index (χ0) is 21.5. The summed E-state index contributed by atoms with van der Waals surface area (Å²) in [6.45, 7) is 4.70. The van der Waals surface area contributed by atoms with E-state index in [-0.39, 0.29) is 11.3 Å². The van der Waals surface area contributed by atoms with Crippen molar-refractivity contribution in [2.75, 3.05) is 19.6 Å². The van der Waals surface area contributed by atoms with Crippen LogP contribution in [0, 0.1) is 11.3 Å². The fraction of sp³-hybridized carbons (Fsp3) is 0.407. The Balaban J connectivity index is 1.06. The van der Waals surface area contributed by atoms with Crippen LogP contribution < -0.4 is 0 Å². The Bertz CT molecular complexity index is 1110. The maximum Gasteiger partial charge on any atom is 0.226 e. The topological polar surface area (TPSA) is 52.2 Å². The SMILES string of the molecule is O=C(C1CC12CCN(Cc1cn[nH]c1-c1ccccc1)CC2)N1CCc2ccccc2C1. The monoisotopic (exact) mass is 426 g/mol. The highest BCUT2D eigenvalue weighted by Crippen LogP contribution is 2.60. The van der Waals surface area contributed by atoms with Crippen molar-refractivity contribution in [3.05, 3.63) is 77.5 Å². The van der Waals surface area contributed by atoms with E-state index < -0.39 is 0 Å². The van der Waals surface area contributed by atoms with E-state index in [2.05, 4.69) is 68.5 Å². The second-order valence-corrected chi connectivity index (χ2v) is 9.81. The third kappa shape index (κ3) is 3.55. The number of hydrogen-bond donors (Lipinski definition) is 1. The lowest BCUT2D eigenvalue weighted by Gasteiger charge is -2.34. The molecule has 1 atom stereocenters. The van der Waals surface area contributed by atoms with E-state index in [1.54, 1.807) is 0 Å². The summed E-state index contributed by atoms with van der Waals surface area (Å²) >= 11 is 0. The summed E-state index contributed by atoms with van der Waals surface area (Å²) in [5, 5.41) is 7.49. The first-order chi connectivity index (χ1) is 15.7. The third-order valence-corrected chi connectivity index (χ3v) is 7.96. The van der Waals surface area contributed by atoms with E-state index in [1.165, 1.54) is 22.3 Å². The number of H-pyrrole nitrogens is 1. The molecule has 0 radical (unpaired) electrons. The molecular formula is C27H30N4O. The molecule has 3 aliphatic rings. The van der Waals surface area contributed by atoms with E-state index in [0.717, 1.165) is 64.1 Å². The first-order valence-corrected chi connectivity index (χ1v) is 11.9. The first-order valence-electron chi connectivity index (χ1n) is 11.9. The van der Waals surface area contributed by atoms with Crippen molar-refractivity contribution in [3.8, 4) is 11.3 Å². The summed E-state index contributed by atoms with van der Waals surface area (Å²) in [5.74, 6) is 0.637. The normalized spacial score (nSPS) is 22.0. The molecule has 164 valence electrons. The molecule has 1 N–H and O–H groups in total. The van der Waals surface area contributed by atoms with Crippen LogP contribution in [-0.2, 0) is 24.3 Å². The van der Waals surface area contributed by atoms with E-state index in [4.69, 9.17) is 0 Å². The fourth-order valence-electron chi connectivity index (χ4n) is 5.84. The molecule has 1 saturated heterocycles. The van der Waals surface area contributed by atoms with Crippen LogP contribution in [0.15, 0.2) is 60.8 Å². The van der Waals surface area contributed by atoms with Gasteiger partial charge in [-0.25, -0.2) is 0 Å². The molecule has 1 amide bonds. The van der Waals surface area contributed by atoms with Gasteiger partial charge in [-0.3, -0.25) is 14.8 Å². The van der Waals surface area contributed by atoms with Crippen molar-refractivity contribution >= 4 is 5.91 Å². The smallest absolute Gasteiger partial charge is 0.226 e. The Kier molecular flexibility index (Phi) is 4.87. The number of rotatable bonds is 4. The minimum atomic E-state index is 0.240. The van der Waals surface area contributed by atoms with Gasteiger partial charge < -0.3 is 4.90 Å². The lowest BCUT2D eigenvalue weighted by molar-refractivity contribution is -0.134. The van der Waals surface area contributed by atoms with Crippen molar-refractivity contribution in [1.82, 2.24) is 20.0 Å². The molecule has 2 aliphatic heterocycles. The molecule has 5 heteroatoms. The summed E-state index contributed by atoms with van der Waals surface area (Å²) in [5.41, 5.74) is 6.54. The van der Waals surface area contributed by atoms with E-state index >= 15 is 0 Å². The van der Waals surface area contributed by atoms with Gasteiger partial charge in [0.2, 0.25) is 5.91 Å². The average Bonchev–Trinajstić information content (AvgIpc) is 3.34. The number of piperidine rings is 1. The summed E-state index contributed by atoms with van der Waals surface area (Å²) in [6.07, 6.45) is 6.30. The molecule has 6 rings (SSSR count). The van der Waals surface area contributed by atoms with E-state index in [1.807, 2.05) is 12.3 Å². The van der Waals surface area contributed by atoms with Crippen molar-refractivity contribution in [2.45, 2.75) is 38.8 Å². The molecule has 3 heterocycles. The number of benzene rings is 2. The summed E-state index contributed by atoms with van der Waals surface area (Å²) in [4.78, 5) is 17.9. The molecule has 1 unspecified atom stereocenters. The number of aromatic amines is 1. The van der Waals surface area contributed by atoms with E-state index in [9.17, 15) is 4.79 Å². The minimum Gasteiger partial charge on any atom is -0.338 e. The number of amides is 1. The van der Waals surface area contributed by atoms with Crippen LogP contribution in [0.1, 0.15) is 36.0 Å². The number of carbonyl (C=O) groups is 1. The predicted molar refractivity (Wildman–Crippen MR) is 125 cm³/mol. The van der Waals surface area contributed by atoms with Gasteiger partial charge in [-0.05, 0) is 60.9 Å². The van der Waals surface area contributed by atoms with Crippen molar-refractivity contribution in [3.63, 3.8) is 0 Å². The summed E-state index contributed by atoms with van der Waals surface area (Å²) < 4.78 is 0. The standard InChI is InChI=1S/C27H30N4O/c32-26(31-13-10-20-6-4-5-9-22(20)19-31)24-16-27(24)11-14-30(15-12-27)18-23-17-28-29-25(23)21-7-2-1-3-8-21/h1-9,17,24H,10-16,18-19H2,(H,28,29). The average molecular weight is 427 g/mol. The quantitative estimate of drug-likeness (QED) is 0.678. The van der Waals surface area contributed by atoms with Gasteiger partial charge in [0, 0.05) is 31.1 Å². The Hall–Kier alpha value is -2.92. The third-order valence-electron chi connectivity index (χ3n) is 7.96. The Morgan fingerprint density at radius 3 is 2.56 bits per heavy atom. The lowest BCUT2D eigenvalue weighted by atomic mass is 9.89. The van der Waals surface area contributed by atoms with Gasteiger partial charge >= 0.3 is 0 Å². The van der Waals surface area contributed by atoms with Gasteiger partial charge in [0.15, 0.2) is 0 Å². The highest BCUT2D eigenvalue weighted by atomic mass is 16.2. The number of fused-ring (bicyclic) bond motifs is 1. The van der Waals surface area contributed by atoms with Crippen LogP contribution >= 0.6 is 0 Å². The molecule has 2 fully saturated rings. The second-order valence-electron chi connectivity index (χ2n) is 9.81. The molecule has 3 aromatic rings. The van der Waals surface area contributed by atoms with Gasteiger partial charge in [0.1, 0.15) is 0 Å². The number of nitrogens with zero attached hydrogens (tertiary/aromatic N) is 3. The Labute approximate surface area is 189 Å². The largest absolute Gasteiger partial charge is 0.338 e. The molecule has 1 aromatic heterocycles. The Morgan fingerprint density at radius 1 is 1.00 bits per heavy atom. The molecule has 0 bridgehead atoms. The maximum absolute atomic E-state index is 13.3.